The molecule has 1 fully saturated rings. The molecule has 4 atom stereocenters. The molecule has 0 spiro atoms. The SMILES string of the molecule is CCOC(=O)[C@H]1C(=O)C[C@@](C)(O)[C@H](C(=O)OCC)[C@H]1c1ccc(CC)cc1. The topological polar surface area (TPSA) is 89.9 Å². The summed E-state index contributed by atoms with van der Waals surface area (Å²) in [7, 11) is 0. The van der Waals surface area contributed by atoms with Crippen LogP contribution in [0.25, 0.3) is 0 Å². The van der Waals surface area contributed by atoms with Gasteiger partial charge in [-0.3, -0.25) is 14.4 Å². The molecule has 1 aromatic carbocycles. The van der Waals surface area contributed by atoms with Gasteiger partial charge in [-0.1, -0.05) is 31.2 Å². The minimum Gasteiger partial charge on any atom is -0.466 e. The molecular weight excluding hydrogens is 348 g/mol. The molecule has 1 N–H and O–H groups in total. The van der Waals surface area contributed by atoms with E-state index >= 15 is 0 Å². The van der Waals surface area contributed by atoms with Crippen LogP contribution in [0.2, 0.25) is 0 Å². The van der Waals surface area contributed by atoms with Gasteiger partial charge >= 0.3 is 11.9 Å². The Labute approximate surface area is 159 Å². The Bertz CT molecular complexity index is 691. The Kier molecular flexibility index (Phi) is 6.76. The molecule has 0 aliphatic heterocycles. The van der Waals surface area contributed by atoms with Crippen molar-refractivity contribution in [2.75, 3.05) is 13.2 Å². The van der Waals surface area contributed by atoms with Crippen molar-refractivity contribution in [3.63, 3.8) is 0 Å². The first-order valence-electron chi connectivity index (χ1n) is 9.43. The third-order valence-corrected chi connectivity index (χ3v) is 5.12. The van der Waals surface area contributed by atoms with Gasteiger partial charge in [0.05, 0.1) is 24.7 Å². The predicted octanol–water partition coefficient (Wildman–Crippen LogP) is 2.42. The summed E-state index contributed by atoms with van der Waals surface area (Å²) in [6, 6.07) is 7.40. The highest BCUT2D eigenvalue weighted by Crippen LogP contribution is 2.46. The maximum atomic E-state index is 12.7. The first-order valence-corrected chi connectivity index (χ1v) is 9.43. The average Bonchev–Trinajstić information content (AvgIpc) is 2.60. The molecule has 0 amide bonds. The summed E-state index contributed by atoms with van der Waals surface area (Å²) in [5.41, 5.74) is 0.116. The first kappa shape index (κ1) is 21.1. The molecule has 0 unspecified atom stereocenters. The molecule has 0 radical (unpaired) electrons. The number of carbonyl (C=O) groups is 3. The number of rotatable bonds is 6. The normalized spacial score (nSPS) is 27.9. The summed E-state index contributed by atoms with van der Waals surface area (Å²) in [6.45, 7) is 7.08. The zero-order valence-corrected chi connectivity index (χ0v) is 16.4. The Balaban J connectivity index is 2.59. The van der Waals surface area contributed by atoms with Gasteiger partial charge in [0, 0.05) is 12.3 Å². The standard InChI is InChI=1S/C21H28O6/c1-5-13-8-10-14(11-9-13)16-17(19(23)26-6-2)15(22)12-21(4,25)18(16)20(24)27-7-3/h8-11,16-18,25H,5-7,12H2,1-4H3/t16-,17-,18-,21+/m0/s1. The molecule has 0 saturated heterocycles. The lowest BCUT2D eigenvalue weighted by atomic mass is 9.61. The summed E-state index contributed by atoms with van der Waals surface area (Å²) in [4.78, 5) is 38.0. The fraction of sp³-hybridized carbons (Fsp3) is 0.571. The molecule has 1 aliphatic rings. The van der Waals surface area contributed by atoms with Gasteiger partial charge in [0.25, 0.3) is 0 Å². The van der Waals surface area contributed by atoms with E-state index in [0.29, 0.717) is 5.56 Å². The first-order chi connectivity index (χ1) is 12.8. The van der Waals surface area contributed by atoms with Crippen LogP contribution >= 0.6 is 0 Å². The number of esters is 2. The maximum Gasteiger partial charge on any atom is 0.317 e. The Hall–Kier alpha value is -2.21. The van der Waals surface area contributed by atoms with Crippen molar-refractivity contribution in [3.8, 4) is 0 Å². The van der Waals surface area contributed by atoms with Gasteiger partial charge in [-0.25, -0.2) is 0 Å². The van der Waals surface area contributed by atoms with E-state index in [1.165, 1.54) is 6.92 Å². The number of ketones is 1. The van der Waals surface area contributed by atoms with Crippen LogP contribution in [0.4, 0.5) is 0 Å². The number of Topliss-reactive ketones (excluding diaryl/α,β-unsaturated/α-hetero) is 1. The van der Waals surface area contributed by atoms with Gasteiger partial charge in [0.2, 0.25) is 0 Å². The van der Waals surface area contributed by atoms with Gasteiger partial charge < -0.3 is 14.6 Å². The predicted molar refractivity (Wildman–Crippen MR) is 99.1 cm³/mol. The van der Waals surface area contributed by atoms with Crippen molar-refractivity contribution in [2.24, 2.45) is 11.8 Å². The largest absolute Gasteiger partial charge is 0.466 e. The molecule has 6 heteroatoms. The third-order valence-electron chi connectivity index (χ3n) is 5.12. The number of hydrogen-bond donors (Lipinski definition) is 1. The minimum atomic E-state index is -1.61. The molecule has 1 saturated carbocycles. The number of ether oxygens (including phenoxy) is 2. The second-order valence-electron chi connectivity index (χ2n) is 7.08. The summed E-state index contributed by atoms with van der Waals surface area (Å²) >= 11 is 0. The van der Waals surface area contributed by atoms with E-state index in [1.807, 2.05) is 19.1 Å². The second-order valence-corrected chi connectivity index (χ2v) is 7.08. The van der Waals surface area contributed by atoms with Crippen LogP contribution in [0.5, 0.6) is 0 Å². The summed E-state index contributed by atoms with van der Waals surface area (Å²) in [5.74, 6) is -4.75. The monoisotopic (exact) mass is 376 g/mol. The Morgan fingerprint density at radius 3 is 2.15 bits per heavy atom. The molecule has 6 nitrogen and oxygen atoms in total. The van der Waals surface area contributed by atoms with Crippen LogP contribution in [-0.2, 0) is 30.3 Å². The quantitative estimate of drug-likeness (QED) is 0.606. The van der Waals surface area contributed by atoms with Crippen LogP contribution < -0.4 is 0 Å². The van der Waals surface area contributed by atoms with Crippen molar-refractivity contribution < 1.29 is 29.0 Å². The number of carbonyl (C=O) groups excluding carboxylic acids is 3. The van der Waals surface area contributed by atoms with Crippen molar-refractivity contribution in [2.45, 2.75) is 52.1 Å². The van der Waals surface area contributed by atoms with E-state index in [-0.39, 0.29) is 19.6 Å². The minimum absolute atomic E-state index is 0.130. The van der Waals surface area contributed by atoms with Crippen LogP contribution in [0, 0.1) is 11.8 Å². The van der Waals surface area contributed by atoms with E-state index in [0.717, 1.165) is 12.0 Å². The number of hydrogen-bond acceptors (Lipinski definition) is 6. The third kappa shape index (κ3) is 4.38. The van der Waals surface area contributed by atoms with Crippen LogP contribution in [0.3, 0.4) is 0 Å². The number of aryl methyl sites for hydroxylation is 1. The lowest BCUT2D eigenvalue weighted by Crippen LogP contribution is -2.55. The van der Waals surface area contributed by atoms with Crippen LogP contribution in [0.15, 0.2) is 24.3 Å². The number of aliphatic hydroxyl groups is 1. The smallest absolute Gasteiger partial charge is 0.317 e. The fourth-order valence-corrected chi connectivity index (χ4v) is 3.86. The molecule has 0 bridgehead atoms. The lowest BCUT2D eigenvalue weighted by Gasteiger charge is -2.43. The molecule has 0 aromatic heterocycles. The van der Waals surface area contributed by atoms with Gasteiger partial charge in [-0.2, -0.15) is 0 Å². The fourth-order valence-electron chi connectivity index (χ4n) is 3.86. The van der Waals surface area contributed by atoms with Crippen molar-refractivity contribution in [1.82, 2.24) is 0 Å². The van der Waals surface area contributed by atoms with Crippen molar-refractivity contribution in [1.29, 1.82) is 0 Å². The van der Waals surface area contributed by atoms with E-state index in [2.05, 4.69) is 0 Å². The summed E-state index contributed by atoms with van der Waals surface area (Å²) < 4.78 is 10.3. The molecule has 148 valence electrons. The summed E-state index contributed by atoms with van der Waals surface area (Å²) in [6.07, 6.45) is 0.535. The molecular formula is C21H28O6. The van der Waals surface area contributed by atoms with Gasteiger partial charge in [0.1, 0.15) is 5.92 Å². The van der Waals surface area contributed by atoms with E-state index in [4.69, 9.17) is 9.47 Å². The second kappa shape index (κ2) is 8.65. The van der Waals surface area contributed by atoms with Crippen molar-refractivity contribution in [3.05, 3.63) is 35.4 Å². The average molecular weight is 376 g/mol. The molecule has 1 aromatic rings. The molecule has 2 rings (SSSR count). The Morgan fingerprint density at radius 2 is 1.63 bits per heavy atom. The highest BCUT2D eigenvalue weighted by Gasteiger charge is 2.57. The van der Waals surface area contributed by atoms with Gasteiger partial charge in [0.15, 0.2) is 5.78 Å². The van der Waals surface area contributed by atoms with E-state index in [1.54, 1.807) is 26.0 Å². The highest BCUT2D eigenvalue weighted by molar-refractivity contribution is 6.02. The maximum absolute atomic E-state index is 12.7. The molecule has 0 heterocycles. The van der Waals surface area contributed by atoms with Gasteiger partial charge in [-0.15, -0.1) is 0 Å². The van der Waals surface area contributed by atoms with E-state index < -0.39 is 41.1 Å². The van der Waals surface area contributed by atoms with Gasteiger partial charge in [-0.05, 0) is 38.3 Å². The van der Waals surface area contributed by atoms with Crippen molar-refractivity contribution >= 4 is 17.7 Å². The zero-order chi connectivity index (χ0) is 20.2. The van der Waals surface area contributed by atoms with E-state index in [9.17, 15) is 19.5 Å². The zero-order valence-electron chi connectivity index (χ0n) is 16.4. The highest BCUT2D eigenvalue weighted by atomic mass is 16.5. The number of benzene rings is 1. The molecule has 27 heavy (non-hydrogen) atoms. The van der Waals surface area contributed by atoms with Crippen LogP contribution in [-0.4, -0.2) is 41.6 Å². The lowest BCUT2D eigenvalue weighted by molar-refractivity contribution is -0.172. The summed E-state index contributed by atoms with van der Waals surface area (Å²) in [5, 5.41) is 10.9. The van der Waals surface area contributed by atoms with Crippen LogP contribution in [0.1, 0.15) is 51.2 Å². The Morgan fingerprint density at radius 1 is 1.07 bits per heavy atom. The molecule has 1 aliphatic carbocycles.